The van der Waals surface area contributed by atoms with Crippen LogP contribution in [0.3, 0.4) is 0 Å². The zero-order valence-electron chi connectivity index (χ0n) is 11.7. The van der Waals surface area contributed by atoms with Gasteiger partial charge in [-0.15, -0.1) is 0 Å². The molecule has 0 N–H and O–H groups in total. The molecule has 4 nitrogen and oxygen atoms in total. The van der Waals surface area contributed by atoms with Gasteiger partial charge in [0, 0.05) is 5.41 Å². The van der Waals surface area contributed by atoms with Gasteiger partial charge >= 0.3 is 5.97 Å². The molecule has 2 atom stereocenters. The van der Waals surface area contributed by atoms with Crippen LogP contribution in [-0.4, -0.2) is 31.1 Å². The smallest absolute Gasteiger partial charge is 0.341 e. The molecular formula is C13H24O4. The molecule has 1 aliphatic rings. The second kappa shape index (κ2) is 4.94. The largest absolute Gasteiger partial charge is 0.460 e. The fraction of sp³-hybridized carbons (Fsp3) is 0.923. The normalized spacial score (nSPS) is 26.6. The van der Waals surface area contributed by atoms with Crippen molar-refractivity contribution in [3.8, 4) is 0 Å². The van der Waals surface area contributed by atoms with Gasteiger partial charge < -0.3 is 14.2 Å². The molecule has 100 valence electrons. The highest BCUT2D eigenvalue weighted by Gasteiger charge is 2.49. The molecule has 17 heavy (non-hydrogen) atoms. The van der Waals surface area contributed by atoms with Gasteiger partial charge in [0.25, 0.3) is 0 Å². The summed E-state index contributed by atoms with van der Waals surface area (Å²) in [5.41, 5.74) is -1.01. The third-order valence-electron chi connectivity index (χ3n) is 2.57. The van der Waals surface area contributed by atoms with Crippen LogP contribution in [0.15, 0.2) is 0 Å². The number of rotatable bonds is 5. The van der Waals surface area contributed by atoms with Gasteiger partial charge in [-0.05, 0) is 12.8 Å². The highest BCUT2D eigenvalue weighted by atomic mass is 16.7. The minimum atomic E-state index is -0.838. The Kier molecular flexibility index (Phi) is 4.20. The fourth-order valence-electron chi connectivity index (χ4n) is 1.39. The number of carbonyl (C=O) groups excluding carboxylic acids is 1. The number of ether oxygens (including phenoxy) is 3. The van der Waals surface area contributed by atoms with Crippen LogP contribution in [-0.2, 0) is 19.0 Å². The van der Waals surface area contributed by atoms with E-state index in [0.29, 0.717) is 19.1 Å². The molecule has 1 rings (SSSR count). The molecule has 0 aromatic heterocycles. The van der Waals surface area contributed by atoms with E-state index in [-0.39, 0.29) is 11.4 Å². The highest BCUT2D eigenvalue weighted by molar-refractivity contribution is 5.84. The molecule has 0 aromatic rings. The van der Waals surface area contributed by atoms with E-state index >= 15 is 0 Å². The molecule has 1 aliphatic heterocycles. The van der Waals surface area contributed by atoms with E-state index in [0.717, 1.165) is 0 Å². The Hall–Kier alpha value is -0.610. The van der Waals surface area contributed by atoms with Crippen LogP contribution >= 0.6 is 0 Å². The number of cyclic esters (lactones) is 1. The Labute approximate surface area is 104 Å². The third-order valence-corrected chi connectivity index (χ3v) is 2.57. The first-order valence-corrected chi connectivity index (χ1v) is 6.12. The van der Waals surface area contributed by atoms with Gasteiger partial charge in [-0.25, -0.2) is 4.79 Å². The Balaban J connectivity index is 2.61. The average molecular weight is 244 g/mol. The summed E-state index contributed by atoms with van der Waals surface area (Å²) in [5.74, 6) is 0.129. The predicted octanol–water partition coefficient (Wildman–Crippen LogP) is 2.36. The van der Waals surface area contributed by atoms with E-state index in [1.165, 1.54) is 0 Å². The van der Waals surface area contributed by atoms with Crippen molar-refractivity contribution < 1.29 is 19.0 Å². The maximum absolute atomic E-state index is 11.4. The van der Waals surface area contributed by atoms with Crippen molar-refractivity contribution in [3.63, 3.8) is 0 Å². The number of hydrogen-bond donors (Lipinski definition) is 0. The van der Waals surface area contributed by atoms with Crippen LogP contribution in [0.2, 0.25) is 0 Å². The lowest BCUT2D eigenvalue weighted by atomic mass is 9.94. The highest BCUT2D eigenvalue weighted by Crippen LogP contribution is 2.32. The number of carbonyl (C=O) groups is 1. The van der Waals surface area contributed by atoms with Gasteiger partial charge in [-0.2, -0.15) is 0 Å². The second-order valence-electron chi connectivity index (χ2n) is 6.35. The van der Waals surface area contributed by atoms with E-state index in [9.17, 15) is 4.79 Å². The van der Waals surface area contributed by atoms with E-state index in [2.05, 4.69) is 13.8 Å². The first-order chi connectivity index (χ1) is 7.65. The molecule has 0 spiro atoms. The monoisotopic (exact) mass is 244 g/mol. The van der Waals surface area contributed by atoms with Crippen LogP contribution in [0.1, 0.15) is 41.5 Å². The zero-order valence-corrected chi connectivity index (χ0v) is 11.7. The fourth-order valence-corrected chi connectivity index (χ4v) is 1.39. The van der Waals surface area contributed by atoms with Gasteiger partial charge in [0.15, 0.2) is 11.9 Å². The van der Waals surface area contributed by atoms with Gasteiger partial charge in [0.2, 0.25) is 0 Å². The van der Waals surface area contributed by atoms with Crippen LogP contribution in [0.4, 0.5) is 0 Å². The zero-order chi connectivity index (χ0) is 13.3. The molecule has 4 heteroatoms. The lowest BCUT2D eigenvalue weighted by Crippen LogP contribution is -2.58. The standard InChI is InChI=1S/C13H24O4/c1-9(2)7-15-11(12(3,4)5)17-13(6)8-16-10(13)14/h9,11H,7-8H2,1-6H3. The predicted molar refractivity (Wildman–Crippen MR) is 64.5 cm³/mol. The summed E-state index contributed by atoms with van der Waals surface area (Å²) in [6, 6.07) is 0. The van der Waals surface area contributed by atoms with Crippen molar-refractivity contribution in [2.75, 3.05) is 13.2 Å². The third kappa shape index (κ3) is 3.68. The molecular weight excluding hydrogens is 220 g/mol. The minimum Gasteiger partial charge on any atom is -0.460 e. The minimum absolute atomic E-state index is 0.173. The summed E-state index contributed by atoms with van der Waals surface area (Å²) in [4.78, 5) is 11.4. The van der Waals surface area contributed by atoms with E-state index < -0.39 is 11.9 Å². The molecule has 0 radical (unpaired) electrons. The van der Waals surface area contributed by atoms with Crippen LogP contribution in [0.5, 0.6) is 0 Å². The molecule has 1 heterocycles. The van der Waals surface area contributed by atoms with Gasteiger partial charge in [0.1, 0.15) is 6.61 Å². The lowest BCUT2D eigenvalue weighted by molar-refractivity contribution is -0.284. The van der Waals surface area contributed by atoms with E-state index in [1.54, 1.807) is 6.92 Å². The first kappa shape index (κ1) is 14.5. The quantitative estimate of drug-likeness (QED) is 0.550. The first-order valence-electron chi connectivity index (χ1n) is 6.12. The SMILES string of the molecule is CC(C)COC(OC1(C)COC1=O)C(C)(C)C. The Morgan fingerprint density at radius 3 is 2.29 bits per heavy atom. The van der Waals surface area contributed by atoms with Gasteiger partial charge in [0.05, 0.1) is 6.61 Å². The maximum atomic E-state index is 11.4. The summed E-state index contributed by atoms with van der Waals surface area (Å²) >= 11 is 0. The molecule has 1 saturated heterocycles. The Morgan fingerprint density at radius 1 is 1.41 bits per heavy atom. The van der Waals surface area contributed by atoms with E-state index in [4.69, 9.17) is 14.2 Å². The Morgan fingerprint density at radius 2 is 2.00 bits per heavy atom. The summed E-state index contributed by atoms with van der Waals surface area (Å²) in [6.45, 7) is 12.9. The molecule has 2 unspecified atom stereocenters. The second-order valence-corrected chi connectivity index (χ2v) is 6.35. The van der Waals surface area contributed by atoms with Crippen molar-refractivity contribution >= 4 is 5.97 Å². The molecule has 0 aliphatic carbocycles. The van der Waals surface area contributed by atoms with Crippen molar-refractivity contribution in [1.82, 2.24) is 0 Å². The topological polar surface area (TPSA) is 44.8 Å². The summed E-state index contributed by atoms with van der Waals surface area (Å²) in [7, 11) is 0. The van der Waals surface area contributed by atoms with Crippen molar-refractivity contribution in [1.29, 1.82) is 0 Å². The Bertz CT molecular complexity index is 280. The van der Waals surface area contributed by atoms with Crippen LogP contribution in [0.25, 0.3) is 0 Å². The van der Waals surface area contributed by atoms with Crippen molar-refractivity contribution in [2.24, 2.45) is 11.3 Å². The molecule has 0 bridgehead atoms. The number of hydrogen-bond acceptors (Lipinski definition) is 4. The summed E-state index contributed by atoms with van der Waals surface area (Å²) in [6.07, 6.45) is -0.400. The molecule has 0 saturated carbocycles. The van der Waals surface area contributed by atoms with E-state index in [1.807, 2.05) is 20.8 Å². The van der Waals surface area contributed by atoms with Crippen molar-refractivity contribution in [2.45, 2.75) is 53.4 Å². The summed E-state index contributed by atoms with van der Waals surface area (Å²) in [5, 5.41) is 0. The molecule has 0 amide bonds. The van der Waals surface area contributed by atoms with Crippen LogP contribution in [0, 0.1) is 11.3 Å². The molecule has 0 aromatic carbocycles. The van der Waals surface area contributed by atoms with Crippen LogP contribution < -0.4 is 0 Å². The van der Waals surface area contributed by atoms with Gasteiger partial charge in [-0.3, -0.25) is 0 Å². The maximum Gasteiger partial charge on any atom is 0.341 e. The summed E-state index contributed by atoms with van der Waals surface area (Å²) < 4.78 is 16.3. The molecule has 1 fully saturated rings. The average Bonchev–Trinajstić information content (AvgIpc) is 2.19. The van der Waals surface area contributed by atoms with Crippen molar-refractivity contribution in [3.05, 3.63) is 0 Å². The van der Waals surface area contributed by atoms with Gasteiger partial charge in [-0.1, -0.05) is 34.6 Å². The lowest BCUT2D eigenvalue weighted by Gasteiger charge is -2.41. The number of esters is 1.